The molecule has 4 heterocycles. The molecule has 2 aromatic heterocycles. The molecule has 2 aliphatic heterocycles. The second-order valence-electron chi connectivity index (χ2n) is 9.45. The molecule has 2 aromatic rings. The molecule has 1 unspecified atom stereocenters. The number of piperidine rings is 1. The van der Waals surface area contributed by atoms with E-state index in [0.717, 1.165) is 24.9 Å². The molecule has 2 fully saturated rings. The number of nitrogens with zero attached hydrogens (tertiary/aromatic N) is 4. The number of likely N-dealkylation sites (N-methyl/N-ethyl adjacent to an activating group) is 1. The zero-order valence-corrected chi connectivity index (χ0v) is 22.9. The minimum atomic E-state index is -5.08. The topological polar surface area (TPSA) is 150 Å². The van der Waals surface area contributed by atoms with Crippen LogP contribution >= 0.6 is 0 Å². The molecule has 42 heavy (non-hydrogen) atoms. The number of aliphatic carboxylic acids is 2. The smallest absolute Gasteiger partial charge is 0.475 e. The summed E-state index contributed by atoms with van der Waals surface area (Å²) in [5.41, 5.74) is 0.984. The van der Waals surface area contributed by atoms with Crippen molar-refractivity contribution in [3.05, 3.63) is 54.6 Å². The predicted molar refractivity (Wildman–Crippen MR) is 132 cm³/mol. The molecule has 0 aromatic carbocycles. The third kappa shape index (κ3) is 9.88. The molecule has 1 atom stereocenters. The third-order valence-corrected chi connectivity index (χ3v) is 8.17. The third-order valence-electron chi connectivity index (χ3n) is 6.39. The Morgan fingerprint density at radius 2 is 1.52 bits per heavy atom. The molecule has 18 heteroatoms. The predicted octanol–water partition coefficient (Wildman–Crippen LogP) is 3.04. The van der Waals surface area contributed by atoms with Crippen molar-refractivity contribution in [1.29, 1.82) is 0 Å². The molecule has 0 saturated carbocycles. The van der Waals surface area contributed by atoms with E-state index in [-0.39, 0.29) is 10.4 Å². The van der Waals surface area contributed by atoms with Crippen LogP contribution in [0.25, 0.3) is 0 Å². The van der Waals surface area contributed by atoms with Crippen LogP contribution in [0.3, 0.4) is 0 Å². The number of likely N-dealkylation sites (tertiary alicyclic amines) is 1. The number of carbonyl (C=O) groups is 2. The van der Waals surface area contributed by atoms with E-state index in [2.05, 4.69) is 21.9 Å². The van der Waals surface area contributed by atoms with Gasteiger partial charge in [-0.3, -0.25) is 14.9 Å². The molecule has 0 bridgehead atoms. The van der Waals surface area contributed by atoms with Crippen LogP contribution < -0.4 is 0 Å². The van der Waals surface area contributed by atoms with Gasteiger partial charge in [-0.2, -0.15) is 30.6 Å². The van der Waals surface area contributed by atoms with Gasteiger partial charge in [0.1, 0.15) is 4.90 Å². The van der Waals surface area contributed by atoms with Gasteiger partial charge in [-0.15, -0.1) is 0 Å². The van der Waals surface area contributed by atoms with E-state index in [1.807, 2.05) is 18.3 Å². The molecule has 0 amide bonds. The lowest BCUT2D eigenvalue weighted by atomic mass is 9.77. The van der Waals surface area contributed by atoms with Crippen LogP contribution in [0, 0.1) is 5.92 Å². The maximum atomic E-state index is 12.8. The van der Waals surface area contributed by atoms with Gasteiger partial charge in [0.15, 0.2) is 0 Å². The summed E-state index contributed by atoms with van der Waals surface area (Å²) in [7, 11) is -1.37. The second-order valence-corrected chi connectivity index (χ2v) is 11.4. The molecular formula is C24H28F6N4O7S. The van der Waals surface area contributed by atoms with E-state index >= 15 is 0 Å². The normalized spacial score (nSPS) is 19.0. The van der Waals surface area contributed by atoms with Crippen LogP contribution in [0.1, 0.15) is 18.4 Å². The van der Waals surface area contributed by atoms with Gasteiger partial charge in [0.05, 0.1) is 6.61 Å². The van der Waals surface area contributed by atoms with E-state index in [9.17, 15) is 34.8 Å². The SMILES string of the molecule is CN1CCC(COCc2cccnc2)CC12CN(S(=O)(=O)c1cccnc1)C2.O=C(O)C(F)(F)F.O=C(O)C(F)(F)F. The van der Waals surface area contributed by atoms with Gasteiger partial charge in [-0.05, 0) is 56.1 Å². The number of sulfonamides is 1. The number of carboxylic acids is 2. The van der Waals surface area contributed by atoms with E-state index in [0.29, 0.717) is 32.2 Å². The summed E-state index contributed by atoms with van der Waals surface area (Å²) in [6.07, 6.45) is -1.56. The molecule has 2 aliphatic rings. The quantitative estimate of drug-likeness (QED) is 0.456. The number of hydrogen-bond donors (Lipinski definition) is 2. The molecule has 1 spiro atoms. The highest BCUT2D eigenvalue weighted by Gasteiger charge is 2.53. The lowest BCUT2D eigenvalue weighted by Gasteiger charge is -2.57. The lowest BCUT2D eigenvalue weighted by molar-refractivity contribution is -0.193. The number of ether oxygens (including phenoxy) is 1. The number of aromatic nitrogens is 2. The van der Waals surface area contributed by atoms with Gasteiger partial charge >= 0.3 is 24.3 Å². The first-order valence-electron chi connectivity index (χ1n) is 12.1. The van der Waals surface area contributed by atoms with Gasteiger partial charge < -0.3 is 14.9 Å². The van der Waals surface area contributed by atoms with Crippen molar-refractivity contribution in [2.24, 2.45) is 5.92 Å². The average molecular weight is 631 g/mol. The largest absolute Gasteiger partial charge is 0.490 e. The summed E-state index contributed by atoms with van der Waals surface area (Å²) in [6.45, 7) is 3.27. The summed E-state index contributed by atoms with van der Waals surface area (Å²) >= 11 is 0. The number of pyridine rings is 2. The highest BCUT2D eigenvalue weighted by Crippen LogP contribution is 2.40. The molecule has 234 valence electrons. The summed E-state index contributed by atoms with van der Waals surface area (Å²) in [4.78, 5) is 28.4. The first kappa shape index (κ1) is 34.8. The Balaban J connectivity index is 0.000000367. The van der Waals surface area contributed by atoms with Gasteiger partial charge in [0, 0.05) is 50.0 Å². The monoisotopic (exact) mass is 630 g/mol. The van der Waals surface area contributed by atoms with Crippen LogP contribution in [-0.2, 0) is 31.0 Å². The molecule has 0 radical (unpaired) electrons. The van der Waals surface area contributed by atoms with E-state index in [1.165, 1.54) is 6.20 Å². The zero-order valence-electron chi connectivity index (χ0n) is 22.0. The fourth-order valence-electron chi connectivity index (χ4n) is 4.18. The number of halogens is 6. The summed E-state index contributed by atoms with van der Waals surface area (Å²) in [6, 6.07) is 7.18. The summed E-state index contributed by atoms with van der Waals surface area (Å²) in [5.74, 6) is -5.07. The fraction of sp³-hybridized carbons (Fsp3) is 0.500. The van der Waals surface area contributed by atoms with Crippen molar-refractivity contribution in [3.8, 4) is 0 Å². The van der Waals surface area contributed by atoms with Gasteiger partial charge in [0.2, 0.25) is 10.0 Å². The molecule has 4 rings (SSSR count). The van der Waals surface area contributed by atoms with Crippen molar-refractivity contribution in [2.75, 3.05) is 33.3 Å². The number of alkyl halides is 6. The number of carboxylic acid groups (broad SMARTS) is 2. The fourth-order valence-corrected chi connectivity index (χ4v) is 5.74. The second kappa shape index (κ2) is 14.2. The minimum Gasteiger partial charge on any atom is -0.475 e. The average Bonchev–Trinajstić information content (AvgIpc) is 2.89. The van der Waals surface area contributed by atoms with Crippen LogP contribution in [0.5, 0.6) is 0 Å². The maximum Gasteiger partial charge on any atom is 0.490 e. The Kier molecular flexibility index (Phi) is 11.8. The van der Waals surface area contributed by atoms with Crippen molar-refractivity contribution in [3.63, 3.8) is 0 Å². The zero-order chi connectivity index (χ0) is 31.8. The standard InChI is InChI=1S/C20H26N4O3S.2C2HF3O2/c1-23-9-6-17(13-27-14-18-4-2-7-21-11-18)10-20(23)15-24(16-20)28(25,26)19-5-3-8-22-12-19;2*3-2(4,5)1(6)7/h2-5,7-8,11-12,17H,6,9-10,13-16H2,1H3;2*(H,6,7). The summed E-state index contributed by atoms with van der Waals surface area (Å²) in [5, 5.41) is 14.2. The highest BCUT2D eigenvalue weighted by atomic mass is 32.2. The highest BCUT2D eigenvalue weighted by molar-refractivity contribution is 7.89. The number of rotatable bonds is 6. The van der Waals surface area contributed by atoms with Crippen LogP contribution in [0.15, 0.2) is 53.9 Å². The van der Waals surface area contributed by atoms with Gasteiger partial charge in [-0.25, -0.2) is 18.0 Å². The Morgan fingerprint density at radius 3 is 1.98 bits per heavy atom. The Bertz CT molecular complexity index is 1250. The van der Waals surface area contributed by atoms with Gasteiger partial charge in [0.25, 0.3) is 0 Å². The lowest BCUT2D eigenvalue weighted by Crippen LogP contribution is -2.72. The van der Waals surface area contributed by atoms with Crippen LogP contribution in [0.2, 0.25) is 0 Å². The minimum absolute atomic E-state index is 0.0874. The van der Waals surface area contributed by atoms with Crippen molar-refractivity contribution in [1.82, 2.24) is 19.2 Å². The van der Waals surface area contributed by atoms with Crippen LogP contribution in [0.4, 0.5) is 26.3 Å². The Hall–Kier alpha value is -3.35. The first-order chi connectivity index (χ1) is 19.4. The maximum absolute atomic E-state index is 12.8. The first-order valence-corrected chi connectivity index (χ1v) is 13.5. The molecule has 11 nitrogen and oxygen atoms in total. The number of hydrogen-bond acceptors (Lipinski definition) is 8. The molecule has 0 aliphatic carbocycles. The van der Waals surface area contributed by atoms with Crippen molar-refractivity contribution >= 4 is 22.0 Å². The van der Waals surface area contributed by atoms with Gasteiger partial charge in [-0.1, -0.05) is 6.07 Å². The van der Waals surface area contributed by atoms with E-state index < -0.39 is 34.3 Å². The summed E-state index contributed by atoms with van der Waals surface area (Å²) < 4.78 is 96.6. The van der Waals surface area contributed by atoms with Crippen molar-refractivity contribution in [2.45, 2.75) is 42.2 Å². The van der Waals surface area contributed by atoms with Crippen LogP contribution in [-0.4, -0.2) is 101 Å². The molecule has 2 N–H and O–H groups in total. The van der Waals surface area contributed by atoms with E-state index in [1.54, 1.807) is 28.8 Å². The van der Waals surface area contributed by atoms with Crippen molar-refractivity contribution < 1.29 is 59.3 Å². The molecule has 2 saturated heterocycles. The Labute approximate surface area is 236 Å². The molecular weight excluding hydrogens is 602 g/mol. The van der Waals surface area contributed by atoms with E-state index in [4.69, 9.17) is 24.5 Å². The Morgan fingerprint density at radius 1 is 1.00 bits per heavy atom.